The van der Waals surface area contributed by atoms with Gasteiger partial charge in [-0.3, -0.25) is 0 Å². The molecule has 2 atom stereocenters. The molecule has 3 aromatic carbocycles. The molecule has 0 aliphatic carbocycles. The Kier molecular flexibility index (Phi) is 4.35. The molecule has 6 rings (SSSR count). The zero-order valence-electron chi connectivity index (χ0n) is 16.8. The summed E-state index contributed by atoms with van der Waals surface area (Å²) < 4.78 is 18.2. The van der Waals surface area contributed by atoms with E-state index in [1.807, 2.05) is 6.26 Å². The first-order valence-electron chi connectivity index (χ1n) is 10.8. The summed E-state index contributed by atoms with van der Waals surface area (Å²) in [5, 5.41) is 0. The van der Waals surface area contributed by atoms with Crippen LogP contribution in [-0.2, 0) is 17.8 Å². The van der Waals surface area contributed by atoms with Gasteiger partial charge in [0.25, 0.3) is 0 Å². The molecular weight excluding hydrogens is 372 g/mol. The van der Waals surface area contributed by atoms with Crippen LogP contribution >= 0.6 is 0 Å². The Balaban J connectivity index is 1.46. The third-order valence-corrected chi connectivity index (χ3v) is 6.51. The van der Waals surface area contributed by atoms with E-state index in [1.165, 1.54) is 33.4 Å². The summed E-state index contributed by atoms with van der Waals surface area (Å²) >= 11 is 0. The fourth-order valence-electron chi connectivity index (χ4n) is 5.09. The third kappa shape index (κ3) is 2.85. The van der Waals surface area contributed by atoms with Gasteiger partial charge in [0.2, 0.25) is 0 Å². The highest BCUT2D eigenvalue weighted by molar-refractivity contribution is 5.58. The minimum atomic E-state index is 0.126. The summed E-state index contributed by atoms with van der Waals surface area (Å²) in [5.41, 5.74) is 7.53. The van der Waals surface area contributed by atoms with Crippen molar-refractivity contribution in [3.8, 4) is 11.5 Å². The molecule has 0 radical (unpaired) electrons. The highest BCUT2D eigenvalue weighted by Gasteiger charge is 2.30. The van der Waals surface area contributed by atoms with Crippen molar-refractivity contribution in [2.75, 3.05) is 13.2 Å². The standard InChI is InChI=1S/C27H24O3/c1-2-9-20-19(6-1)16-28-17-25(20)24-12-4-11-23-21(13-15-30-27(23)24)22-10-3-7-18-8-5-14-29-26(18)22/h1-4,6-7,9-13,15,21,25H,5,8,14,16-17H2. The fraction of sp³-hybridized carbons (Fsp3) is 0.259. The van der Waals surface area contributed by atoms with Gasteiger partial charge < -0.3 is 14.2 Å². The predicted molar refractivity (Wildman–Crippen MR) is 116 cm³/mol. The van der Waals surface area contributed by atoms with E-state index in [9.17, 15) is 0 Å². The zero-order valence-corrected chi connectivity index (χ0v) is 16.8. The van der Waals surface area contributed by atoms with Gasteiger partial charge in [0, 0.05) is 28.5 Å². The molecular formula is C27H24O3. The second-order valence-corrected chi connectivity index (χ2v) is 8.24. The number of allylic oxidation sites excluding steroid dienone is 1. The maximum absolute atomic E-state index is 6.14. The molecule has 3 heteroatoms. The Bertz CT molecular complexity index is 1130. The minimum absolute atomic E-state index is 0.126. The van der Waals surface area contributed by atoms with Crippen LogP contribution < -0.4 is 9.47 Å². The van der Waals surface area contributed by atoms with Gasteiger partial charge in [-0.25, -0.2) is 0 Å². The Morgan fingerprint density at radius 3 is 2.47 bits per heavy atom. The van der Waals surface area contributed by atoms with Crippen LogP contribution in [0.25, 0.3) is 0 Å². The molecule has 0 bridgehead atoms. The predicted octanol–water partition coefficient (Wildman–Crippen LogP) is 5.71. The number of para-hydroxylation sites is 2. The van der Waals surface area contributed by atoms with Crippen LogP contribution in [0.1, 0.15) is 51.6 Å². The number of ether oxygens (including phenoxy) is 3. The lowest BCUT2D eigenvalue weighted by molar-refractivity contribution is 0.0989. The summed E-state index contributed by atoms with van der Waals surface area (Å²) in [4.78, 5) is 0. The average molecular weight is 396 g/mol. The first kappa shape index (κ1) is 17.8. The Labute approximate surface area is 176 Å². The van der Waals surface area contributed by atoms with Gasteiger partial charge in [0.05, 0.1) is 26.1 Å². The largest absolute Gasteiger partial charge is 0.493 e. The van der Waals surface area contributed by atoms with Gasteiger partial charge in [-0.15, -0.1) is 0 Å². The number of rotatable bonds is 2. The maximum Gasteiger partial charge on any atom is 0.134 e. The molecule has 3 aromatic rings. The normalized spacial score (nSPS) is 21.6. The minimum Gasteiger partial charge on any atom is -0.493 e. The molecule has 0 amide bonds. The highest BCUT2D eigenvalue weighted by Crippen LogP contribution is 2.46. The summed E-state index contributed by atoms with van der Waals surface area (Å²) in [6.45, 7) is 2.15. The third-order valence-electron chi connectivity index (χ3n) is 6.51. The van der Waals surface area contributed by atoms with Gasteiger partial charge >= 0.3 is 0 Å². The summed E-state index contributed by atoms with van der Waals surface area (Å²) in [6, 6.07) is 21.6. The van der Waals surface area contributed by atoms with Crippen molar-refractivity contribution >= 4 is 0 Å². The monoisotopic (exact) mass is 396 g/mol. The van der Waals surface area contributed by atoms with E-state index in [1.54, 1.807) is 0 Å². The summed E-state index contributed by atoms with van der Waals surface area (Å²) in [7, 11) is 0. The maximum atomic E-state index is 6.14. The van der Waals surface area contributed by atoms with Crippen LogP contribution in [0.2, 0.25) is 0 Å². The van der Waals surface area contributed by atoms with Crippen molar-refractivity contribution < 1.29 is 14.2 Å². The van der Waals surface area contributed by atoms with E-state index in [2.05, 4.69) is 66.7 Å². The van der Waals surface area contributed by atoms with E-state index in [-0.39, 0.29) is 11.8 Å². The first-order valence-corrected chi connectivity index (χ1v) is 10.8. The molecule has 0 fully saturated rings. The van der Waals surface area contributed by atoms with Gasteiger partial charge in [-0.05, 0) is 35.6 Å². The van der Waals surface area contributed by atoms with Crippen molar-refractivity contribution in [3.05, 3.63) is 106 Å². The molecule has 0 saturated heterocycles. The molecule has 3 aliphatic rings. The lowest BCUT2D eigenvalue weighted by Gasteiger charge is -2.31. The summed E-state index contributed by atoms with van der Waals surface area (Å²) in [5.74, 6) is 2.33. The lowest BCUT2D eigenvalue weighted by atomic mass is 9.81. The Morgan fingerprint density at radius 1 is 0.733 bits per heavy atom. The molecule has 0 N–H and O–H groups in total. The second-order valence-electron chi connectivity index (χ2n) is 8.24. The van der Waals surface area contributed by atoms with Crippen molar-refractivity contribution in [3.63, 3.8) is 0 Å². The van der Waals surface area contributed by atoms with Crippen LogP contribution in [0.15, 0.2) is 73.0 Å². The molecule has 3 nitrogen and oxygen atoms in total. The second kappa shape index (κ2) is 7.33. The molecule has 30 heavy (non-hydrogen) atoms. The van der Waals surface area contributed by atoms with Crippen molar-refractivity contribution in [2.24, 2.45) is 0 Å². The SMILES string of the molecule is C1=CC(c2cccc3c2OCCC3)c2cccc(C3COCc4ccccc43)c2O1. The van der Waals surface area contributed by atoms with Crippen molar-refractivity contribution in [1.82, 2.24) is 0 Å². The Hall–Kier alpha value is -3.04. The molecule has 3 aliphatic heterocycles. The van der Waals surface area contributed by atoms with E-state index < -0.39 is 0 Å². The molecule has 0 aromatic heterocycles. The van der Waals surface area contributed by atoms with Crippen LogP contribution in [0, 0.1) is 0 Å². The van der Waals surface area contributed by atoms with Crippen LogP contribution in [0.5, 0.6) is 11.5 Å². The van der Waals surface area contributed by atoms with Crippen LogP contribution in [-0.4, -0.2) is 13.2 Å². The van der Waals surface area contributed by atoms with Gasteiger partial charge in [-0.1, -0.05) is 60.7 Å². The quantitative estimate of drug-likeness (QED) is 0.555. The lowest BCUT2D eigenvalue weighted by Crippen LogP contribution is -2.19. The van der Waals surface area contributed by atoms with Crippen LogP contribution in [0.4, 0.5) is 0 Å². The molecule has 150 valence electrons. The van der Waals surface area contributed by atoms with E-state index >= 15 is 0 Å². The summed E-state index contributed by atoms with van der Waals surface area (Å²) in [6.07, 6.45) is 6.15. The van der Waals surface area contributed by atoms with Gasteiger partial charge in [-0.2, -0.15) is 0 Å². The number of hydrogen-bond acceptors (Lipinski definition) is 3. The van der Waals surface area contributed by atoms with Crippen LogP contribution in [0.3, 0.4) is 0 Å². The molecule has 3 heterocycles. The fourth-order valence-corrected chi connectivity index (χ4v) is 5.09. The van der Waals surface area contributed by atoms with E-state index in [0.29, 0.717) is 13.2 Å². The van der Waals surface area contributed by atoms with E-state index in [4.69, 9.17) is 14.2 Å². The number of aryl methyl sites for hydroxylation is 1. The zero-order chi connectivity index (χ0) is 19.9. The first-order chi connectivity index (χ1) is 14.9. The van der Waals surface area contributed by atoms with Gasteiger partial charge in [0.15, 0.2) is 0 Å². The molecule has 0 saturated carbocycles. The number of hydrogen-bond donors (Lipinski definition) is 0. The van der Waals surface area contributed by atoms with Crippen molar-refractivity contribution in [2.45, 2.75) is 31.3 Å². The average Bonchev–Trinajstić information content (AvgIpc) is 2.83. The van der Waals surface area contributed by atoms with Crippen molar-refractivity contribution in [1.29, 1.82) is 0 Å². The van der Waals surface area contributed by atoms with Gasteiger partial charge in [0.1, 0.15) is 11.5 Å². The topological polar surface area (TPSA) is 27.7 Å². The molecule has 0 spiro atoms. The highest BCUT2D eigenvalue weighted by atomic mass is 16.5. The number of benzene rings is 3. The smallest absolute Gasteiger partial charge is 0.134 e. The Morgan fingerprint density at radius 2 is 1.50 bits per heavy atom. The molecule has 2 unspecified atom stereocenters. The van der Waals surface area contributed by atoms with E-state index in [0.717, 1.165) is 30.9 Å². The number of fused-ring (bicyclic) bond motifs is 3.